The quantitative estimate of drug-likeness (QED) is 0.609. The summed E-state index contributed by atoms with van der Waals surface area (Å²) in [5.74, 6) is 3.04. The summed E-state index contributed by atoms with van der Waals surface area (Å²) >= 11 is 0. The first-order chi connectivity index (χ1) is 8.66. The van der Waals surface area contributed by atoms with E-state index < -0.39 is 31.0 Å². The zero-order valence-corrected chi connectivity index (χ0v) is 15.5. The highest BCUT2D eigenvalue weighted by Crippen LogP contribution is 2.52. The molecule has 0 aliphatic heterocycles. The Bertz CT molecular complexity index is 330. The lowest BCUT2D eigenvalue weighted by atomic mass is 10.6. The van der Waals surface area contributed by atoms with Crippen LogP contribution in [-0.2, 0) is 17.7 Å². The first kappa shape index (κ1) is 19.6. The lowest BCUT2D eigenvalue weighted by Crippen LogP contribution is -2.21. The molecule has 2 unspecified atom stereocenters. The van der Waals surface area contributed by atoms with Crippen molar-refractivity contribution in [3.63, 3.8) is 0 Å². The van der Waals surface area contributed by atoms with Crippen molar-refractivity contribution in [3.05, 3.63) is 0 Å². The minimum atomic E-state index is -3.89. The van der Waals surface area contributed by atoms with Crippen molar-refractivity contribution in [3.8, 4) is 0 Å². The molecule has 0 bridgehead atoms. The summed E-state index contributed by atoms with van der Waals surface area (Å²) in [6.07, 6.45) is 5.66. The normalized spacial score (nSPS) is 22.2. The molecule has 120 valence electrons. The largest absolute Gasteiger partial charge is 0.418 e. The molecule has 0 aliphatic carbocycles. The van der Waals surface area contributed by atoms with Crippen LogP contribution in [0.4, 0.5) is 0 Å². The van der Waals surface area contributed by atoms with Gasteiger partial charge in [-0.1, -0.05) is 27.7 Å². The van der Waals surface area contributed by atoms with Gasteiger partial charge in [-0.3, -0.25) is 0 Å². The zero-order chi connectivity index (χ0) is 15.2. The van der Waals surface area contributed by atoms with Crippen LogP contribution in [0.25, 0.3) is 0 Å². The molecule has 0 rings (SSSR count). The number of hydrogen-bond donors (Lipinski definition) is 0. The van der Waals surface area contributed by atoms with Gasteiger partial charge in [-0.25, -0.2) is 0 Å². The second kappa shape index (κ2) is 8.12. The smallest absolute Gasteiger partial charge is 0.198 e. The highest BCUT2D eigenvalue weighted by molar-refractivity contribution is 8.35. The van der Waals surface area contributed by atoms with Gasteiger partial charge < -0.3 is 0 Å². The van der Waals surface area contributed by atoms with E-state index in [0.29, 0.717) is 0 Å². The average molecular weight is 335 g/mol. The van der Waals surface area contributed by atoms with Crippen molar-refractivity contribution in [1.29, 1.82) is 0 Å². The zero-order valence-electron chi connectivity index (χ0n) is 13.1. The summed E-state index contributed by atoms with van der Waals surface area (Å²) in [5.41, 5.74) is 0. The van der Waals surface area contributed by atoms with E-state index in [4.69, 9.17) is 7.26 Å². The van der Waals surface area contributed by atoms with Gasteiger partial charge >= 0.3 is 10.4 Å². The summed E-state index contributed by atoms with van der Waals surface area (Å²) < 4.78 is 35.1. The fourth-order valence-electron chi connectivity index (χ4n) is 1.73. The third-order valence-electron chi connectivity index (χ3n) is 2.99. The molecule has 0 aromatic rings. The highest BCUT2D eigenvalue weighted by atomic mass is 32.4. The molecule has 0 amide bonds. The van der Waals surface area contributed by atoms with Gasteiger partial charge in [-0.15, -0.1) is 20.6 Å². The SMILES string of the molecule is CCCS(C)(CC)OS(=O)(=O)OS(C)(CC)CCC. The van der Waals surface area contributed by atoms with Crippen molar-refractivity contribution in [1.82, 2.24) is 0 Å². The van der Waals surface area contributed by atoms with E-state index in [-0.39, 0.29) is 0 Å². The first-order valence-electron chi connectivity index (χ1n) is 6.80. The summed E-state index contributed by atoms with van der Waals surface area (Å²) in [6, 6.07) is 0. The van der Waals surface area contributed by atoms with E-state index in [9.17, 15) is 8.42 Å². The number of rotatable bonds is 10. The Labute approximate surface area is 123 Å². The Hall–Kier alpha value is 0.570. The topological polar surface area (TPSA) is 52.6 Å². The molecule has 0 saturated carbocycles. The van der Waals surface area contributed by atoms with Crippen molar-refractivity contribution < 1.29 is 15.7 Å². The standard InChI is InChI=1S/C12H30O4S3/c1-7-11-17(5,9-3)15-19(13,14)16-18(6,10-4)12-8-2/h7-12H2,1-6H3. The third-order valence-corrected chi connectivity index (χ3v) is 11.9. The fourth-order valence-corrected chi connectivity index (χ4v) is 8.86. The Morgan fingerprint density at radius 3 is 1.26 bits per heavy atom. The van der Waals surface area contributed by atoms with E-state index in [0.717, 1.165) is 35.9 Å². The van der Waals surface area contributed by atoms with Crippen LogP contribution in [0.3, 0.4) is 0 Å². The molecule has 0 spiro atoms. The first-order valence-corrected chi connectivity index (χ1v) is 12.7. The summed E-state index contributed by atoms with van der Waals surface area (Å²) in [5, 5.41) is 0. The highest BCUT2D eigenvalue weighted by Gasteiger charge is 2.31. The number of hydrogen-bond acceptors (Lipinski definition) is 4. The van der Waals surface area contributed by atoms with Crippen LogP contribution >= 0.6 is 20.6 Å². The molecule has 0 heterocycles. The van der Waals surface area contributed by atoms with E-state index in [2.05, 4.69) is 0 Å². The van der Waals surface area contributed by atoms with Crippen molar-refractivity contribution in [2.24, 2.45) is 0 Å². The summed E-state index contributed by atoms with van der Waals surface area (Å²) in [6.45, 7) is 8.02. The van der Waals surface area contributed by atoms with E-state index in [1.54, 1.807) is 0 Å². The minimum Gasteiger partial charge on any atom is -0.198 e. The van der Waals surface area contributed by atoms with Crippen LogP contribution < -0.4 is 0 Å². The maximum absolute atomic E-state index is 12.1. The summed E-state index contributed by atoms with van der Waals surface area (Å²) in [7, 11) is -7.05. The maximum atomic E-state index is 12.1. The third kappa shape index (κ3) is 7.22. The van der Waals surface area contributed by atoms with E-state index in [1.807, 2.05) is 40.2 Å². The molecule has 0 N–H and O–H groups in total. The molecular weight excluding hydrogens is 304 g/mol. The van der Waals surface area contributed by atoms with Gasteiger partial charge in [0.15, 0.2) is 0 Å². The minimum absolute atomic E-state index is 0.732. The van der Waals surface area contributed by atoms with Crippen molar-refractivity contribution >= 4 is 31.0 Å². The monoisotopic (exact) mass is 334 g/mol. The molecule has 7 heteroatoms. The van der Waals surface area contributed by atoms with Gasteiger partial charge in [0.05, 0.1) is 0 Å². The van der Waals surface area contributed by atoms with Gasteiger partial charge in [0.2, 0.25) is 0 Å². The van der Waals surface area contributed by atoms with Gasteiger partial charge in [0, 0.05) is 0 Å². The molecule has 0 saturated heterocycles. The molecule has 0 aromatic carbocycles. The molecule has 0 aliphatic rings. The Kier molecular flexibility index (Phi) is 8.36. The maximum Gasteiger partial charge on any atom is 0.418 e. The second-order valence-corrected chi connectivity index (χ2v) is 13.5. The Morgan fingerprint density at radius 1 is 0.737 bits per heavy atom. The lowest BCUT2D eigenvalue weighted by Gasteiger charge is -2.37. The Morgan fingerprint density at radius 2 is 1.05 bits per heavy atom. The molecule has 19 heavy (non-hydrogen) atoms. The van der Waals surface area contributed by atoms with Crippen LogP contribution in [0.15, 0.2) is 0 Å². The van der Waals surface area contributed by atoms with Crippen LogP contribution in [-0.4, -0.2) is 43.9 Å². The predicted molar refractivity (Wildman–Crippen MR) is 89.5 cm³/mol. The Balaban J connectivity index is 4.88. The van der Waals surface area contributed by atoms with Crippen LogP contribution in [0, 0.1) is 0 Å². The van der Waals surface area contributed by atoms with Crippen molar-refractivity contribution in [2.75, 3.05) is 35.5 Å². The van der Waals surface area contributed by atoms with Gasteiger partial charge in [0.1, 0.15) is 0 Å². The van der Waals surface area contributed by atoms with Gasteiger partial charge in [-0.2, -0.15) is 15.7 Å². The van der Waals surface area contributed by atoms with Crippen LogP contribution in [0.1, 0.15) is 40.5 Å². The van der Waals surface area contributed by atoms with Crippen LogP contribution in [0.2, 0.25) is 0 Å². The second-order valence-electron chi connectivity index (χ2n) is 4.90. The molecule has 0 aromatic heterocycles. The lowest BCUT2D eigenvalue weighted by molar-refractivity contribution is 0.425. The molecule has 0 radical (unpaired) electrons. The van der Waals surface area contributed by atoms with Crippen LogP contribution in [0.5, 0.6) is 0 Å². The average Bonchev–Trinajstić information content (AvgIpc) is 2.28. The molecule has 2 atom stereocenters. The van der Waals surface area contributed by atoms with E-state index >= 15 is 0 Å². The fraction of sp³-hybridized carbons (Fsp3) is 1.00. The molecule has 4 nitrogen and oxygen atoms in total. The van der Waals surface area contributed by atoms with Gasteiger partial charge in [0.25, 0.3) is 0 Å². The molecule has 0 fully saturated rings. The summed E-state index contributed by atoms with van der Waals surface area (Å²) in [4.78, 5) is 0. The van der Waals surface area contributed by atoms with E-state index in [1.165, 1.54) is 0 Å². The molecular formula is C12H30O4S3. The van der Waals surface area contributed by atoms with Gasteiger partial charge in [-0.05, 0) is 48.4 Å². The predicted octanol–water partition coefficient (Wildman–Crippen LogP) is 3.82. The van der Waals surface area contributed by atoms with Crippen molar-refractivity contribution in [2.45, 2.75) is 40.5 Å².